The SMILES string of the molecule is CCC(N)(CC)CNS(=O)(=O)CCc1cccs1. The van der Waals surface area contributed by atoms with Gasteiger partial charge in [0.25, 0.3) is 0 Å². The third-order valence-electron chi connectivity index (χ3n) is 3.25. The molecule has 0 bridgehead atoms. The molecule has 0 aliphatic heterocycles. The molecule has 1 rings (SSSR count). The van der Waals surface area contributed by atoms with Crippen molar-refractivity contribution in [3.8, 4) is 0 Å². The van der Waals surface area contributed by atoms with Crippen molar-refractivity contribution in [3.05, 3.63) is 22.4 Å². The number of hydrogen-bond acceptors (Lipinski definition) is 4. The van der Waals surface area contributed by atoms with E-state index in [0.717, 1.165) is 17.7 Å². The van der Waals surface area contributed by atoms with Crippen LogP contribution < -0.4 is 10.5 Å². The van der Waals surface area contributed by atoms with E-state index < -0.39 is 15.6 Å². The molecule has 0 spiro atoms. The van der Waals surface area contributed by atoms with Crippen molar-refractivity contribution in [1.29, 1.82) is 0 Å². The van der Waals surface area contributed by atoms with Crippen LogP contribution in [0.3, 0.4) is 0 Å². The quantitative estimate of drug-likeness (QED) is 0.766. The summed E-state index contributed by atoms with van der Waals surface area (Å²) in [5, 5.41) is 1.95. The van der Waals surface area contributed by atoms with E-state index in [0.29, 0.717) is 13.0 Å². The van der Waals surface area contributed by atoms with Gasteiger partial charge in [-0.05, 0) is 30.7 Å². The highest BCUT2D eigenvalue weighted by molar-refractivity contribution is 7.89. The molecule has 0 amide bonds. The number of hydrogen-bond donors (Lipinski definition) is 2. The average molecular weight is 290 g/mol. The van der Waals surface area contributed by atoms with Crippen LogP contribution in [-0.2, 0) is 16.4 Å². The summed E-state index contributed by atoms with van der Waals surface area (Å²) in [5.41, 5.74) is 5.64. The minimum absolute atomic E-state index is 0.122. The maximum Gasteiger partial charge on any atom is 0.212 e. The molecule has 104 valence electrons. The zero-order valence-corrected chi connectivity index (χ0v) is 12.6. The van der Waals surface area contributed by atoms with Crippen LogP contribution in [0.25, 0.3) is 0 Å². The van der Waals surface area contributed by atoms with Crippen LogP contribution in [0.4, 0.5) is 0 Å². The zero-order chi connectivity index (χ0) is 13.6. The molecular weight excluding hydrogens is 268 g/mol. The Labute approximate surface area is 114 Å². The first-order valence-electron chi connectivity index (χ1n) is 6.19. The average Bonchev–Trinajstić information content (AvgIpc) is 2.87. The molecule has 4 nitrogen and oxygen atoms in total. The highest BCUT2D eigenvalue weighted by atomic mass is 32.2. The first-order chi connectivity index (χ1) is 8.41. The van der Waals surface area contributed by atoms with Gasteiger partial charge in [0.2, 0.25) is 10.0 Å². The van der Waals surface area contributed by atoms with E-state index in [2.05, 4.69) is 4.72 Å². The summed E-state index contributed by atoms with van der Waals surface area (Å²) in [4.78, 5) is 1.09. The van der Waals surface area contributed by atoms with Crippen molar-refractivity contribution in [3.63, 3.8) is 0 Å². The van der Waals surface area contributed by atoms with Gasteiger partial charge >= 0.3 is 0 Å². The van der Waals surface area contributed by atoms with Crippen molar-refractivity contribution < 1.29 is 8.42 Å². The zero-order valence-electron chi connectivity index (χ0n) is 11.0. The van der Waals surface area contributed by atoms with E-state index in [-0.39, 0.29) is 5.75 Å². The molecule has 6 heteroatoms. The van der Waals surface area contributed by atoms with Gasteiger partial charge in [-0.3, -0.25) is 0 Å². The van der Waals surface area contributed by atoms with Crippen LogP contribution in [0, 0.1) is 0 Å². The Morgan fingerprint density at radius 1 is 1.39 bits per heavy atom. The van der Waals surface area contributed by atoms with Crippen molar-refractivity contribution in [2.75, 3.05) is 12.3 Å². The minimum Gasteiger partial charge on any atom is -0.324 e. The van der Waals surface area contributed by atoms with Gasteiger partial charge in [0.15, 0.2) is 0 Å². The Kier molecular flexibility index (Phi) is 5.78. The fourth-order valence-electron chi connectivity index (χ4n) is 1.52. The number of thiophene rings is 1. The summed E-state index contributed by atoms with van der Waals surface area (Å²) in [5.74, 6) is 0.122. The Balaban J connectivity index is 2.45. The van der Waals surface area contributed by atoms with Crippen LogP contribution in [0.1, 0.15) is 31.6 Å². The lowest BCUT2D eigenvalue weighted by atomic mass is 9.95. The van der Waals surface area contributed by atoms with Crippen LogP contribution in [0.2, 0.25) is 0 Å². The molecule has 0 aliphatic rings. The molecule has 0 fully saturated rings. The van der Waals surface area contributed by atoms with Crippen molar-refractivity contribution >= 4 is 21.4 Å². The highest BCUT2D eigenvalue weighted by Crippen LogP contribution is 2.12. The summed E-state index contributed by atoms with van der Waals surface area (Å²) in [6.07, 6.45) is 2.08. The van der Waals surface area contributed by atoms with Gasteiger partial charge < -0.3 is 5.73 Å². The van der Waals surface area contributed by atoms with Crippen LogP contribution in [0.5, 0.6) is 0 Å². The van der Waals surface area contributed by atoms with E-state index in [1.807, 2.05) is 31.4 Å². The summed E-state index contributed by atoms with van der Waals surface area (Å²) in [7, 11) is -3.23. The van der Waals surface area contributed by atoms with Gasteiger partial charge in [-0.1, -0.05) is 19.9 Å². The predicted molar refractivity (Wildman–Crippen MR) is 77.3 cm³/mol. The van der Waals surface area contributed by atoms with Gasteiger partial charge in [0.1, 0.15) is 0 Å². The van der Waals surface area contributed by atoms with Crippen molar-refractivity contribution in [2.24, 2.45) is 5.73 Å². The lowest BCUT2D eigenvalue weighted by Gasteiger charge is -2.26. The first kappa shape index (κ1) is 15.6. The van der Waals surface area contributed by atoms with Crippen LogP contribution in [-0.4, -0.2) is 26.3 Å². The topological polar surface area (TPSA) is 72.2 Å². The number of nitrogens with two attached hydrogens (primary N) is 1. The fourth-order valence-corrected chi connectivity index (χ4v) is 3.49. The van der Waals surface area contributed by atoms with Crippen LogP contribution >= 0.6 is 11.3 Å². The second kappa shape index (κ2) is 6.65. The maximum atomic E-state index is 11.8. The molecule has 0 saturated heterocycles. The molecule has 0 atom stereocenters. The molecule has 18 heavy (non-hydrogen) atoms. The molecule has 1 aromatic rings. The third kappa shape index (κ3) is 5.06. The maximum absolute atomic E-state index is 11.8. The lowest BCUT2D eigenvalue weighted by Crippen LogP contribution is -2.49. The Hall–Kier alpha value is -0.430. The number of sulfonamides is 1. The molecule has 3 N–H and O–H groups in total. The Morgan fingerprint density at radius 2 is 2.06 bits per heavy atom. The summed E-state index contributed by atoms with van der Waals surface area (Å²) < 4.78 is 26.3. The first-order valence-corrected chi connectivity index (χ1v) is 8.72. The van der Waals surface area contributed by atoms with E-state index in [1.54, 1.807) is 11.3 Å². The predicted octanol–water partition coefficient (Wildman–Crippen LogP) is 1.73. The minimum atomic E-state index is -3.23. The Morgan fingerprint density at radius 3 is 2.56 bits per heavy atom. The van der Waals surface area contributed by atoms with Crippen molar-refractivity contribution in [2.45, 2.75) is 38.6 Å². The monoisotopic (exact) mass is 290 g/mol. The summed E-state index contributed by atoms with van der Waals surface area (Å²) >= 11 is 1.58. The molecule has 1 aromatic heterocycles. The van der Waals surface area contributed by atoms with E-state index >= 15 is 0 Å². The van der Waals surface area contributed by atoms with E-state index in [9.17, 15) is 8.42 Å². The van der Waals surface area contributed by atoms with Gasteiger partial charge in [-0.2, -0.15) is 0 Å². The molecule has 1 heterocycles. The second-order valence-corrected chi connectivity index (χ2v) is 7.50. The molecule has 0 aliphatic carbocycles. The largest absolute Gasteiger partial charge is 0.324 e. The fraction of sp³-hybridized carbons (Fsp3) is 0.667. The smallest absolute Gasteiger partial charge is 0.212 e. The van der Waals surface area contributed by atoms with E-state index in [4.69, 9.17) is 5.73 Å². The Bertz CT molecular complexity index is 437. The summed E-state index contributed by atoms with van der Waals surface area (Å²) in [6.45, 7) is 4.26. The van der Waals surface area contributed by atoms with Gasteiger partial charge in [-0.15, -0.1) is 11.3 Å². The molecular formula is C12H22N2O2S2. The normalized spacial score (nSPS) is 12.8. The van der Waals surface area contributed by atoms with Gasteiger partial charge in [0, 0.05) is 17.0 Å². The number of nitrogens with one attached hydrogen (secondary N) is 1. The van der Waals surface area contributed by atoms with Gasteiger partial charge in [-0.25, -0.2) is 13.1 Å². The van der Waals surface area contributed by atoms with Crippen molar-refractivity contribution in [1.82, 2.24) is 4.72 Å². The molecule has 0 aromatic carbocycles. The number of rotatable bonds is 8. The molecule has 0 radical (unpaired) electrons. The third-order valence-corrected chi connectivity index (χ3v) is 5.51. The second-order valence-electron chi connectivity index (χ2n) is 4.54. The van der Waals surface area contributed by atoms with E-state index in [1.165, 1.54) is 0 Å². The molecule has 0 saturated carbocycles. The highest BCUT2D eigenvalue weighted by Gasteiger charge is 2.22. The number of aryl methyl sites for hydroxylation is 1. The standard InChI is InChI=1S/C12H22N2O2S2/c1-3-12(13,4-2)10-14-18(15,16)9-7-11-6-5-8-17-11/h5-6,8,14H,3-4,7,9-10,13H2,1-2H3. The van der Waals surface area contributed by atoms with Crippen LogP contribution in [0.15, 0.2) is 17.5 Å². The molecule has 0 unspecified atom stereocenters. The van der Waals surface area contributed by atoms with Gasteiger partial charge in [0.05, 0.1) is 5.75 Å². The lowest BCUT2D eigenvalue weighted by molar-refractivity contribution is 0.392. The summed E-state index contributed by atoms with van der Waals surface area (Å²) in [6, 6.07) is 3.88.